The highest BCUT2D eigenvalue weighted by Gasteiger charge is 2.14. The molecule has 0 saturated heterocycles. The van der Waals surface area contributed by atoms with E-state index in [1.165, 1.54) is 13.3 Å². The molecule has 158 valence electrons. The molecule has 0 fully saturated rings. The lowest BCUT2D eigenvalue weighted by molar-refractivity contribution is -0.136. The molecule has 2 N–H and O–H groups in total. The highest BCUT2D eigenvalue weighted by molar-refractivity contribution is 9.10. The lowest BCUT2D eigenvalue weighted by Gasteiger charge is -2.08. The molecule has 2 amide bonds. The van der Waals surface area contributed by atoms with Crippen molar-refractivity contribution in [3.63, 3.8) is 0 Å². The van der Waals surface area contributed by atoms with Crippen LogP contribution in [0.5, 0.6) is 11.5 Å². The smallest absolute Gasteiger partial charge is 0.329 e. The molecule has 8 heteroatoms. The number of halogens is 1. The van der Waals surface area contributed by atoms with Crippen LogP contribution < -0.4 is 20.2 Å². The Morgan fingerprint density at radius 3 is 2.39 bits per heavy atom. The van der Waals surface area contributed by atoms with Crippen molar-refractivity contribution in [1.82, 2.24) is 5.43 Å². The summed E-state index contributed by atoms with van der Waals surface area (Å²) in [6.45, 7) is 0.456. The topological polar surface area (TPSA) is 89.0 Å². The summed E-state index contributed by atoms with van der Waals surface area (Å²) in [6, 6.07) is 21.9. The van der Waals surface area contributed by atoms with E-state index in [0.717, 1.165) is 15.6 Å². The average Bonchev–Trinajstić information content (AvgIpc) is 2.80. The second-order valence-electron chi connectivity index (χ2n) is 6.34. The monoisotopic (exact) mass is 481 g/mol. The number of rotatable bonds is 7. The number of para-hydroxylation sites is 2. The van der Waals surface area contributed by atoms with Crippen LogP contribution in [0.1, 0.15) is 11.1 Å². The summed E-state index contributed by atoms with van der Waals surface area (Å²) in [5.41, 5.74) is 4.39. The van der Waals surface area contributed by atoms with Gasteiger partial charge in [-0.15, -0.1) is 0 Å². The Morgan fingerprint density at radius 2 is 1.68 bits per heavy atom. The number of carbonyl (C=O) groups excluding carboxylic acids is 2. The van der Waals surface area contributed by atoms with Crippen LogP contribution in [0, 0.1) is 0 Å². The predicted molar refractivity (Wildman–Crippen MR) is 122 cm³/mol. The maximum atomic E-state index is 12.0. The fourth-order valence-electron chi connectivity index (χ4n) is 2.54. The minimum Gasteiger partial charge on any atom is -0.495 e. The van der Waals surface area contributed by atoms with Gasteiger partial charge in [0.25, 0.3) is 0 Å². The zero-order valence-electron chi connectivity index (χ0n) is 16.7. The molecule has 0 aliphatic rings. The van der Waals surface area contributed by atoms with E-state index in [2.05, 4.69) is 31.8 Å². The first-order valence-electron chi connectivity index (χ1n) is 9.30. The number of anilines is 1. The second-order valence-corrected chi connectivity index (χ2v) is 7.25. The summed E-state index contributed by atoms with van der Waals surface area (Å²) in [6.07, 6.45) is 1.44. The summed E-state index contributed by atoms with van der Waals surface area (Å²) >= 11 is 3.40. The average molecular weight is 482 g/mol. The number of nitrogens with one attached hydrogen (secondary N) is 2. The number of hydrazone groups is 1. The summed E-state index contributed by atoms with van der Waals surface area (Å²) < 4.78 is 11.9. The van der Waals surface area contributed by atoms with E-state index < -0.39 is 11.8 Å². The molecule has 3 rings (SSSR count). The van der Waals surface area contributed by atoms with Gasteiger partial charge in [0, 0.05) is 4.47 Å². The molecule has 0 aliphatic carbocycles. The Labute approximate surface area is 188 Å². The van der Waals surface area contributed by atoms with Gasteiger partial charge < -0.3 is 14.8 Å². The number of hydrogen-bond donors (Lipinski definition) is 2. The third-order valence-corrected chi connectivity index (χ3v) is 4.67. The van der Waals surface area contributed by atoms with E-state index >= 15 is 0 Å². The van der Waals surface area contributed by atoms with Crippen molar-refractivity contribution in [2.24, 2.45) is 5.10 Å². The van der Waals surface area contributed by atoms with E-state index in [4.69, 9.17) is 9.47 Å². The van der Waals surface area contributed by atoms with Gasteiger partial charge in [-0.3, -0.25) is 9.59 Å². The number of benzene rings is 3. The van der Waals surface area contributed by atoms with E-state index in [1.54, 1.807) is 48.5 Å². The SMILES string of the molecule is COc1ccccc1NC(=O)C(=O)N/N=C\c1ccc(OCc2ccc(Br)cc2)cc1. The first-order valence-corrected chi connectivity index (χ1v) is 10.1. The fraction of sp³-hybridized carbons (Fsp3) is 0.0870. The molecule has 0 aromatic heterocycles. The molecular weight excluding hydrogens is 462 g/mol. The molecule has 0 aliphatic heterocycles. The second kappa shape index (κ2) is 10.9. The molecule has 3 aromatic carbocycles. The van der Waals surface area contributed by atoms with Crippen LogP contribution in [0.3, 0.4) is 0 Å². The van der Waals surface area contributed by atoms with Gasteiger partial charge in [0.2, 0.25) is 0 Å². The molecule has 31 heavy (non-hydrogen) atoms. The first kappa shape index (κ1) is 22.0. The van der Waals surface area contributed by atoms with Crippen molar-refractivity contribution in [2.75, 3.05) is 12.4 Å². The van der Waals surface area contributed by atoms with E-state index in [1.807, 2.05) is 24.3 Å². The van der Waals surface area contributed by atoms with Crippen LogP contribution in [0.25, 0.3) is 0 Å². The Kier molecular flexibility index (Phi) is 7.78. The van der Waals surface area contributed by atoms with Gasteiger partial charge in [-0.2, -0.15) is 5.10 Å². The van der Waals surface area contributed by atoms with Gasteiger partial charge in [-0.1, -0.05) is 40.2 Å². The Bertz CT molecular complexity index is 1070. The third-order valence-electron chi connectivity index (χ3n) is 4.14. The van der Waals surface area contributed by atoms with Gasteiger partial charge in [-0.25, -0.2) is 5.43 Å². The van der Waals surface area contributed by atoms with E-state index in [9.17, 15) is 9.59 Å². The van der Waals surface area contributed by atoms with Gasteiger partial charge in [-0.05, 0) is 59.7 Å². The molecule has 3 aromatic rings. The highest BCUT2D eigenvalue weighted by atomic mass is 79.9. The number of hydrogen-bond acceptors (Lipinski definition) is 5. The fourth-order valence-corrected chi connectivity index (χ4v) is 2.80. The molecule has 0 heterocycles. The number of amides is 2. The number of carbonyl (C=O) groups is 2. The number of methoxy groups -OCH3 is 1. The molecule has 7 nitrogen and oxygen atoms in total. The maximum absolute atomic E-state index is 12.0. The highest BCUT2D eigenvalue weighted by Crippen LogP contribution is 2.22. The summed E-state index contributed by atoms with van der Waals surface area (Å²) in [7, 11) is 1.48. The van der Waals surface area contributed by atoms with Crippen molar-refractivity contribution >= 4 is 39.6 Å². The largest absolute Gasteiger partial charge is 0.495 e. The lowest BCUT2D eigenvalue weighted by atomic mass is 10.2. The maximum Gasteiger partial charge on any atom is 0.329 e. The first-order chi connectivity index (χ1) is 15.0. The molecular formula is C23H20BrN3O4. The Balaban J connectivity index is 1.48. The van der Waals surface area contributed by atoms with Crippen LogP contribution in [0.2, 0.25) is 0 Å². The molecule has 0 unspecified atom stereocenters. The van der Waals surface area contributed by atoms with Crippen LogP contribution in [-0.4, -0.2) is 25.1 Å². The zero-order valence-corrected chi connectivity index (χ0v) is 18.3. The molecule has 0 radical (unpaired) electrons. The molecule has 0 atom stereocenters. The van der Waals surface area contributed by atoms with Crippen LogP contribution >= 0.6 is 15.9 Å². The Morgan fingerprint density at radius 1 is 0.968 bits per heavy atom. The Hall–Kier alpha value is -3.65. The van der Waals surface area contributed by atoms with Crippen molar-refractivity contribution in [3.8, 4) is 11.5 Å². The summed E-state index contributed by atoms with van der Waals surface area (Å²) in [5.74, 6) is -0.579. The third kappa shape index (κ3) is 6.68. The molecule has 0 bridgehead atoms. The van der Waals surface area contributed by atoms with Gasteiger partial charge in [0.15, 0.2) is 0 Å². The van der Waals surface area contributed by atoms with Crippen molar-refractivity contribution in [3.05, 3.63) is 88.4 Å². The van der Waals surface area contributed by atoms with Crippen LogP contribution in [-0.2, 0) is 16.2 Å². The zero-order chi connectivity index (χ0) is 22.1. The summed E-state index contributed by atoms with van der Waals surface area (Å²) in [5, 5.41) is 6.30. The van der Waals surface area contributed by atoms with Gasteiger partial charge in [0.1, 0.15) is 18.1 Å². The standard InChI is InChI=1S/C23H20BrN3O4/c1-30-21-5-3-2-4-20(21)26-22(28)23(29)27-25-14-16-8-12-19(13-9-16)31-15-17-6-10-18(24)11-7-17/h2-14H,15H2,1H3,(H,26,28)(H,27,29)/b25-14-. The number of nitrogens with zero attached hydrogens (tertiary/aromatic N) is 1. The quantitative estimate of drug-likeness (QED) is 0.301. The molecule has 0 spiro atoms. The van der Waals surface area contributed by atoms with Crippen molar-refractivity contribution < 1.29 is 19.1 Å². The number of ether oxygens (including phenoxy) is 2. The van der Waals surface area contributed by atoms with Crippen molar-refractivity contribution in [2.45, 2.75) is 6.61 Å². The minimum atomic E-state index is -0.892. The van der Waals surface area contributed by atoms with E-state index in [0.29, 0.717) is 23.8 Å². The molecule has 0 saturated carbocycles. The van der Waals surface area contributed by atoms with Gasteiger partial charge >= 0.3 is 11.8 Å². The van der Waals surface area contributed by atoms with Crippen LogP contribution in [0.15, 0.2) is 82.4 Å². The predicted octanol–water partition coefficient (Wildman–Crippen LogP) is 4.13. The van der Waals surface area contributed by atoms with Crippen LogP contribution in [0.4, 0.5) is 5.69 Å². The van der Waals surface area contributed by atoms with Gasteiger partial charge in [0.05, 0.1) is 19.0 Å². The minimum absolute atomic E-state index is 0.396. The van der Waals surface area contributed by atoms with E-state index in [-0.39, 0.29) is 0 Å². The normalized spacial score (nSPS) is 10.5. The lowest BCUT2D eigenvalue weighted by Crippen LogP contribution is -2.32. The van der Waals surface area contributed by atoms with Crippen molar-refractivity contribution in [1.29, 1.82) is 0 Å². The summed E-state index contributed by atoms with van der Waals surface area (Å²) in [4.78, 5) is 23.9.